The van der Waals surface area contributed by atoms with Crippen LogP contribution in [0.25, 0.3) is 0 Å². The molecule has 1 aliphatic heterocycles. The Morgan fingerprint density at radius 3 is 2.57 bits per heavy atom. The topological polar surface area (TPSA) is 47.6 Å². The van der Waals surface area contributed by atoms with Crippen LogP contribution in [0.2, 0.25) is 0 Å². The number of hydrogen-bond donors (Lipinski definition) is 1. The number of rotatable bonds is 4. The van der Waals surface area contributed by atoms with Crippen LogP contribution in [0.3, 0.4) is 0 Å². The van der Waals surface area contributed by atoms with Crippen molar-refractivity contribution in [1.29, 1.82) is 0 Å². The van der Waals surface area contributed by atoms with Crippen molar-refractivity contribution in [2.75, 3.05) is 19.8 Å². The van der Waals surface area contributed by atoms with Gasteiger partial charge < -0.3 is 14.8 Å². The molecule has 1 unspecified atom stereocenters. The van der Waals surface area contributed by atoms with Crippen LogP contribution in [-0.2, 0) is 0 Å². The van der Waals surface area contributed by atoms with E-state index in [0.29, 0.717) is 36.8 Å². The summed E-state index contributed by atoms with van der Waals surface area (Å²) in [6.07, 6.45) is 0. The summed E-state index contributed by atoms with van der Waals surface area (Å²) in [4.78, 5) is 12.3. The van der Waals surface area contributed by atoms with E-state index < -0.39 is 0 Å². The second-order valence-corrected chi connectivity index (χ2v) is 5.52. The number of ether oxygens (including phenoxy) is 2. The zero-order chi connectivity index (χ0) is 16.2. The minimum Gasteiger partial charge on any atom is -0.486 e. The highest BCUT2D eigenvalue weighted by Crippen LogP contribution is 2.30. The molecule has 1 aliphatic rings. The van der Waals surface area contributed by atoms with Crippen molar-refractivity contribution in [2.24, 2.45) is 0 Å². The van der Waals surface area contributed by atoms with Gasteiger partial charge in [0, 0.05) is 12.1 Å². The molecule has 4 nitrogen and oxygen atoms in total. The summed E-state index contributed by atoms with van der Waals surface area (Å²) >= 11 is 0. The van der Waals surface area contributed by atoms with Gasteiger partial charge in [0.1, 0.15) is 19.0 Å². The van der Waals surface area contributed by atoms with Gasteiger partial charge in [0.05, 0.1) is 0 Å². The van der Waals surface area contributed by atoms with Crippen molar-refractivity contribution in [3.05, 3.63) is 59.4 Å². The molecule has 2 aromatic rings. The molecular formula is C18H18FNO3. The van der Waals surface area contributed by atoms with E-state index in [1.54, 1.807) is 30.3 Å². The van der Waals surface area contributed by atoms with Crippen LogP contribution in [0.5, 0.6) is 11.5 Å². The Labute approximate surface area is 134 Å². The van der Waals surface area contributed by atoms with Crippen molar-refractivity contribution >= 4 is 5.91 Å². The Hall–Kier alpha value is -2.56. The molecule has 0 saturated carbocycles. The number of carbonyl (C=O) groups is 1. The lowest BCUT2D eigenvalue weighted by molar-refractivity contribution is 0.0950. The van der Waals surface area contributed by atoms with E-state index in [2.05, 4.69) is 5.32 Å². The molecule has 0 radical (unpaired) electrons. The zero-order valence-corrected chi connectivity index (χ0v) is 12.8. The molecule has 23 heavy (non-hydrogen) atoms. The molecule has 1 atom stereocenters. The number of fused-ring (bicyclic) bond motifs is 1. The molecule has 1 amide bonds. The predicted octanol–water partition coefficient (Wildman–Crippen LogP) is 3.13. The third-order valence-corrected chi connectivity index (χ3v) is 3.81. The molecule has 0 saturated heterocycles. The first kappa shape index (κ1) is 15.3. The Morgan fingerprint density at radius 2 is 1.83 bits per heavy atom. The van der Waals surface area contributed by atoms with Crippen molar-refractivity contribution in [1.82, 2.24) is 5.32 Å². The second kappa shape index (κ2) is 6.69. The summed E-state index contributed by atoms with van der Waals surface area (Å²) in [5.41, 5.74) is 1.51. The maximum absolute atomic E-state index is 12.9. The van der Waals surface area contributed by atoms with Crippen LogP contribution in [0.4, 0.5) is 4.39 Å². The third kappa shape index (κ3) is 3.62. The van der Waals surface area contributed by atoms with Crippen LogP contribution >= 0.6 is 0 Å². The highest BCUT2D eigenvalue weighted by atomic mass is 19.1. The van der Waals surface area contributed by atoms with Gasteiger partial charge in [0.25, 0.3) is 5.91 Å². The van der Waals surface area contributed by atoms with Gasteiger partial charge in [-0.15, -0.1) is 0 Å². The van der Waals surface area contributed by atoms with Crippen LogP contribution in [0.15, 0.2) is 42.5 Å². The van der Waals surface area contributed by atoms with E-state index in [-0.39, 0.29) is 17.6 Å². The average Bonchev–Trinajstić information content (AvgIpc) is 2.59. The number of nitrogens with one attached hydrogen (secondary N) is 1. The fourth-order valence-electron chi connectivity index (χ4n) is 2.44. The molecular weight excluding hydrogens is 297 g/mol. The highest BCUT2D eigenvalue weighted by Gasteiger charge is 2.15. The van der Waals surface area contributed by atoms with E-state index in [1.807, 2.05) is 6.92 Å². The molecule has 1 N–H and O–H groups in total. The first-order chi connectivity index (χ1) is 11.1. The normalized spacial score (nSPS) is 14.2. The van der Waals surface area contributed by atoms with Crippen molar-refractivity contribution in [3.63, 3.8) is 0 Å². The van der Waals surface area contributed by atoms with Gasteiger partial charge in [0.15, 0.2) is 11.5 Å². The third-order valence-electron chi connectivity index (χ3n) is 3.81. The molecule has 0 aliphatic carbocycles. The summed E-state index contributed by atoms with van der Waals surface area (Å²) in [5, 5.41) is 2.89. The molecule has 1 heterocycles. The van der Waals surface area contributed by atoms with Gasteiger partial charge in [0.2, 0.25) is 0 Å². The molecule has 2 aromatic carbocycles. The van der Waals surface area contributed by atoms with Gasteiger partial charge in [-0.05, 0) is 41.8 Å². The molecule has 0 fully saturated rings. The molecule has 0 aromatic heterocycles. The highest BCUT2D eigenvalue weighted by molar-refractivity contribution is 5.94. The fraction of sp³-hybridized carbons (Fsp3) is 0.278. The lowest BCUT2D eigenvalue weighted by atomic mass is 10.0. The van der Waals surface area contributed by atoms with Crippen LogP contribution < -0.4 is 14.8 Å². The lowest BCUT2D eigenvalue weighted by Gasteiger charge is -2.19. The predicted molar refractivity (Wildman–Crippen MR) is 84.6 cm³/mol. The average molecular weight is 315 g/mol. The van der Waals surface area contributed by atoms with E-state index >= 15 is 0 Å². The smallest absolute Gasteiger partial charge is 0.251 e. The number of carbonyl (C=O) groups excluding carboxylic acids is 1. The summed E-state index contributed by atoms with van der Waals surface area (Å²) in [6.45, 7) is 3.46. The Balaban J connectivity index is 1.61. The summed E-state index contributed by atoms with van der Waals surface area (Å²) in [7, 11) is 0. The Kier molecular flexibility index (Phi) is 4.46. The van der Waals surface area contributed by atoms with E-state index in [0.717, 1.165) is 5.56 Å². The van der Waals surface area contributed by atoms with E-state index in [1.165, 1.54) is 12.1 Å². The van der Waals surface area contributed by atoms with E-state index in [4.69, 9.17) is 9.47 Å². The molecule has 3 rings (SSSR count). The first-order valence-electron chi connectivity index (χ1n) is 7.57. The van der Waals surface area contributed by atoms with Gasteiger partial charge in [-0.1, -0.05) is 19.1 Å². The number of hydrogen-bond acceptors (Lipinski definition) is 3. The molecule has 120 valence electrons. The van der Waals surface area contributed by atoms with Crippen LogP contribution in [0, 0.1) is 5.82 Å². The lowest BCUT2D eigenvalue weighted by Crippen LogP contribution is -2.27. The van der Waals surface area contributed by atoms with E-state index in [9.17, 15) is 9.18 Å². The molecule has 0 bridgehead atoms. The number of amides is 1. The van der Waals surface area contributed by atoms with Gasteiger partial charge >= 0.3 is 0 Å². The maximum Gasteiger partial charge on any atom is 0.251 e. The quantitative estimate of drug-likeness (QED) is 0.943. The van der Waals surface area contributed by atoms with Gasteiger partial charge in [-0.25, -0.2) is 4.39 Å². The fourth-order valence-corrected chi connectivity index (χ4v) is 2.44. The van der Waals surface area contributed by atoms with Crippen molar-refractivity contribution < 1.29 is 18.7 Å². The van der Waals surface area contributed by atoms with Crippen molar-refractivity contribution in [2.45, 2.75) is 12.8 Å². The minimum atomic E-state index is -0.263. The maximum atomic E-state index is 12.9. The first-order valence-corrected chi connectivity index (χ1v) is 7.57. The van der Waals surface area contributed by atoms with Gasteiger partial charge in [-0.3, -0.25) is 4.79 Å². The van der Waals surface area contributed by atoms with Crippen molar-refractivity contribution in [3.8, 4) is 11.5 Å². The number of benzene rings is 2. The van der Waals surface area contributed by atoms with Crippen LogP contribution in [-0.4, -0.2) is 25.7 Å². The molecule has 5 heteroatoms. The monoisotopic (exact) mass is 315 g/mol. The van der Waals surface area contributed by atoms with Gasteiger partial charge in [-0.2, -0.15) is 0 Å². The zero-order valence-electron chi connectivity index (χ0n) is 12.8. The second-order valence-electron chi connectivity index (χ2n) is 5.52. The Morgan fingerprint density at radius 1 is 1.13 bits per heavy atom. The largest absolute Gasteiger partial charge is 0.486 e. The van der Waals surface area contributed by atoms with Crippen LogP contribution in [0.1, 0.15) is 28.8 Å². The summed E-state index contributed by atoms with van der Waals surface area (Å²) in [5.74, 6) is 0.914. The SMILES string of the molecule is CC(CNC(=O)c1ccc2c(c1)OCCO2)c1ccc(F)cc1. The number of halogens is 1. The Bertz CT molecular complexity index is 700. The minimum absolute atomic E-state index is 0.0942. The molecule has 0 spiro atoms. The standard InChI is InChI=1S/C18H18FNO3/c1-12(13-2-5-15(19)6-3-13)11-20-18(21)14-4-7-16-17(10-14)23-9-8-22-16/h2-7,10,12H,8-9,11H2,1H3,(H,20,21). The summed E-state index contributed by atoms with van der Waals surface area (Å²) in [6, 6.07) is 11.5. The summed E-state index contributed by atoms with van der Waals surface area (Å²) < 4.78 is 23.8.